The van der Waals surface area contributed by atoms with E-state index in [9.17, 15) is 14.0 Å². The van der Waals surface area contributed by atoms with Crippen molar-refractivity contribution in [1.82, 2.24) is 15.8 Å². The molecule has 4 rings (SSSR count). The lowest BCUT2D eigenvalue weighted by molar-refractivity contribution is -0.117. The molecule has 6 nitrogen and oxygen atoms in total. The molecule has 0 spiro atoms. The Hall–Kier alpha value is -2.77. The zero-order chi connectivity index (χ0) is 22.7. The average molecular weight is 439 g/mol. The number of anilines is 1. The molecule has 1 aliphatic carbocycles. The number of amides is 2. The summed E-state index contributed by atoms with van der Waals surface area (Å²) in [5.41, 5.74) is 8.70. The summed E-state index contributed by atoms with van der Waals surface area (Å²) in [7, 11) is 1.80. The summed E-state index contributed by atoms with van der Waals surface area (Å²) in [5.74, 6) is 0.287. The van der Waals surface area contributed by atoms with Crippen molar-refractivity contribution in [1.29, 1.82) is 0 Å². The standard InChI is InChI=1S/C25H31FN4O2/c1-16-12-22(16)24(31)27-20-9-4-7-18(14-20)25(32)30(2)11-5-10-21-15-23(29-28-21)17-6-3-8-19(26)13-17/h3-4,6-9,13-14,16,21-23,28-29H,5,10-12,15H2,1-2H3,(H,27,31). The minimum atomic E-state index is -0.223. The van der Waals surface area contributed by atoms with Crippen LogP contribution in [0, 0.1) is 17.7 Å². The lowest BCUT2D eigenvalue weighted by atomic mass is 9.99. The Morgan fingerprint density at radius 1 is 1.12 bits per heavy atom. The molecule has 2 fully saturated rings. The molecular weight excluding hydrogens is 407 g/mol. The van der Waals surface area contributed by atoms with Crippen molar-refractivity contribution in [3.8, 4) is 0 Å². The highest BCUT2D eigenvalue weighted by Crippen LogP contribution is 2.38. The number of hydrazine groups is 1. The maximum absolute atomic E-state index is 13.5. The van der Waals surface area contributed by atoms with Gasteiger partial charge in [0.25, 0.3) is 5.91 Å². The van der Waals surface area contributed by atoms with Crippen molar-refractivity contribution >= 4 is 17.5 Å². The summed E-state index contributed by atoms with van der Waals surface area (Å²) in [6.45, 7) is 2.70. The number of halogens is 1. The highest BCUT2D eigenvalue weighted by atomic mass is 19.1. The van der Waals surface area contributed by atoms with Gasteiger partial charge in [0.15, 0.2) is 0 Å². The van der Waals surface area contributed by atoms with Gasteiger partial charge >= 0.3 is 0 Å². The fraction of sp³-hybridized carbons (Fsp3) is 0.440. The summed E-state index contributed by atoms with van der Waals surface area (Å²) in [6, 6.07) is 14.2. The highest BCUT2D eigenvalue weighted by Gasteiger charge is 2.39. The number of carbonyl (C=O) groups is 2. The molecule has 4 unspecified atom stereocenters. The van der Waals surface area contributed by atoms with Crippen LogP contribution >= 0.6 is 0 Å². The number of carbonyl (C=O) groups excluding carboxylic acids is 2. The van der Waals surface area contributed by atoms with Crippen LogP contribution in [0.15, 0.2) is 48.5 Å². The van der Waals surface area contributed by atoms with Gasteiger partial charge in [-0.25, -0.2) is 4.39 Å². The second kappa shape index (κ2) is 9.79. The first-order valence-electron chi connectivity index (χ1n) is 11.3. The zero-order valence-electron chi connectivity index (χ0n) is 18.6. The lowest BCUT2D eigenvalue weighted by Crippen LogP contribution is -2.32. The summed E-state index contributed by atoms with van der Waals surface area (Å²) in [6.07, 6.45) is 3.57. The minimum absolute atomic E-state index is 0.0321. The van der Waals surface area contributed by atoms with Gasteiger partial charge in [0, 0.05) is 42.8 Å². The van der Waals surface area contributed by atoms with Gasteiger partial charge in [-0.1, -0.05) is 25.1 Å². The summed E-state index contributed by atoms with van der Waals surface area (Å²) in [4.78, 5) is 26.7. The van der Waals surface area contributed by atoms with Crippen LogP contribution in [0.1, 0.15) is 54.6 Å². The molecule has 1 heterocycles. The number of hydrogen-bond acceptors (Lipinski definition) is 4. The Kier molecular flexibility index (Phi) is 6.86. The third-order valence-electron chi connectivity index (χ3n) is 6.45. The third-order valence-corrected chi connectivity index (χ3v) is 6.45. The molecule has 2 aliphatic rings. The first kappa shape index (κ1) is 22.4. The van der Waals surface area contributed by atoms with E-state index in [4.69, 9.17) is 0 Å². The maximum atomic E-state index is 13.5. The van der Waals surface area contributed by atoms with Crippen LogP contribution in [0.3, 0.4) is 0 Å². The fourth-order valence-corrected chi connectivity index (χ4v) is 4.30. The number of nitrogens with zero attached hydrogens (tertiary/aromatic N) is 1. The van der Waals surface area contributed by atoms with Crippen LogP contribution in [-0.4, -0.2) is 36.3 Å². The Morgan fingerprint density at radius 3 is 2.66 bits per heavy atom. The molecule has 7 heteroatoms. The van der Waals surface area contributed by atoms with Crippen molar-refractivity contribution in [3.63, 3.8) is 0 Å². The van der Waals surface area contributed by atoms with Gasteiger partial charge in [-0.05, 0) is 67.5 Å². The molecule has 2 amide bonds. The van der Waals surface area contributed by atoms with E-state index in [0.29, 0.717) is 23.7 Å². The molecule has 4 atom stereocenters. The van der Waals surface area contributed by atoms with Gasteiger partial charge in [-0.15, -0.1) is 0 Å². The molecule has 0 radical (unpaired) electrons. The molecule has 2 aromatic carbocycles. The molecule has 1 aliphatic heterocycles. The van der Waals surface area contributed by atoms with Crippen molar-refractivity contribution in [2.75, 3.05) is 18.9 Å². The van der Waals surface area contributed by atoms with E-state index in [2.05, 4.69) is 23.1 Å². The van der Waals surface area contributed by atoms with E-state index in [1.54, 1.807) is 42.3 Å². The molecule has 170 valence electrons. The van der Waals surface area contributed by atoms with Crippen LogP contribution < -0.4 is 16.2 Å². The second-order valence-electron chi connectivity index (χ2n) is 9.09. The van der Waals surface area contributed by atoms with Crippen molar-refractivity contribution in [2.24, 2.45) is 11.8 Å². The van der Waals surface area contributed by atoms with Crippen LogP contribution in [0.5, 0.6) is 0 Å². The Balaban J connectivity index is 1.23. The van der Waals surface area contributed by atoms with Crippen LogP contribution in [-0.2, 0) is 4.79 Å². The van der Waals surface area contributed by atoms with E-state index < -0.39 is 0 Å². The van der Waals surface area contributed by atoms with E-state index in [0.717, 1.165) is 31.2 Å². The highest BCUT2D eigenvalue weighted by molar-refractivity contribution is 5.98. The van der Waals surface area contributed by atoms with Gasteiger partial charge < -0.3 is 10.2 Å². The average Bonchev–Trinajstić information content (AvgIpc) is 3.33. The van der Waals surface area contributed by atoms with E-state index >= 15 is 0 Å². The maximum Gasteiger partial charge on any atom is 0.253 e. The quantitative estimate of drug-likeness (QED) is 0.585. The molecular formula is C25H31FN4O2. The molecule has 32 heavy (non-hydrogen) atoms. The van der Waals surface area contributed by atoms with E-state index in [1.165, 1.54) is 6.07 Å². The van der Waals surface area contributed by atoms with Gasteiger partial charge in [0.2, 0.25) is 5.91 Å². The Bertz CT molecular complexity index is 982. The summed E-state index contributed by atoms with van der Waals surface area (Å²) >= 11 is 0. The topological polar surface area (TPSA) is 73.5 Å². The molecule has 0 bridgehead atoms. The van der Waals surface area contributed by atoms with Crippen molar-refractivity contribution < 1.29 is 14.0 Å². The number of hydrogen-bond donors (Lipinski definition) is 3. The van der Waals surface area contributed by atoms with Gasteiger partial charge in [0.1, 0.15) is 5.82 Å². The predicted molar refractivity (Wildman–Crippen MR) is 122 cm³/mol. The van der Waals surface area contributed by atoms with Crippen molar-refractivity contribution in [2.45, 2.75) is 44.7 Å². The van der Waals surface area contributed by atoms with Crippen LogP contribution in [0.2, 0.25) is 0 Å². The lowest BCUT2D eigenvalue weighted by Gasteiger charge is -2.19. The fourth-order valence-electron chi connectivity index (χ4n) is 4.30. The molecule has 1 saturated heterocycles. The van der Waals surface area contributed by atoms with Crippen molar-refractivity contribution in [3.05, 3.63) is 65.5 Å². The van der Waals surface area contributed by atoms with Gasteiger partial charge in [-0.2, -0.15) is 0 Å². The molecule has 0 aromatic heterocycles. The SMILES string of the molecule is CC1CC1C(=O)Nc1cccc(C(=O)N(C)CCCC2CC(c3cccc(F)c3)NN2)c1. The Labute approximate surface area is 188 Å². The van der Waals surface area contributed by atoms with Crippen LogP contribution in [0.4, 0.5) is 10.1 Å². The normalized spacial score (nSPS) is 24.2. The first-order valence-corrected chi connectivity index (χ1v) is 11.3. The largest absolute Gasteiger partial charge is 0.342 e. The first-order chi connectivity index (χ1) is 15.4. The van der Waals surface area contributed by atoms with E-state index in [-0.39, 0.29) is 35.6 Å². The monoisotopic (exact) mass is 438 g/mol. The summed E-state index contributed by atoms with van der Waals surface area (Å²) in [5, 5.41) is 2.92. The summed E-state index contributed by atoms with van der Waals surface area (Å²) < 4.78 is 13.5. The third kappa shape index (κ3) is 5.53. The molecule has 2 aromatic rings. The Morgan fingerprint density at radius 2 is 1.91 bits per heavy atom. The van der Waals surface area contributed by atoms with Gasteiger partial charge in [0.05, 0.1) is 0 Å². The second-order valence-corrected chi connectivity index (χ2v) is 9.09. The number of nitrogens with one attached hydrogen (secondary N) is 3. The van der Waals surface area contributed by atoms with Crippen LogP contribution in [0.25, 0.3) is 0 Å². The van der Waals surface area contributed by atoms with Gasteiger partial charge in [-0.3, -0.25) is 20.4 Å². The number of rotatable bonds is 8. The number of benzene rings is 2. The molecule has 1 saturated carbocycles. The predicted octanol–water partition coefficient (Wildman–Crippen LogP) is 3.88. The smallest absolute Gasteiger partial charge is 0.253 e. The zero-order valence-corrected chi connectivity index (χ0v) is 18.6. The minimum Gasteiger partial charge on any atom is -0.342 e. The van der Waals surface area contributed by atoms with E-state index in [1.807, 2.05) is 12.1 Å². The molecule has 3 N–H and O–H groups in total.